The molecule has 172 valence electrons. The fraction of sp³-hybridized carbons (Fsp3) is 0.421. The SMILES string of the molecule is CC(C)[C@@]1(n2cnc3c(Nc4ccccc4)ncnc32)O[C@H](COP(=O)(O)O)[C@@H](O)[C@H]1O. The van der Waals surface area contributed by atoms with Crippen LogP contribution in [0.1, 0.15) is 13.8 Å². The van der Waals surface area contributed by atoms with Crippen molar-refractivity contribution in [2.75, 3.05) is 11.9 Å². The van der Waals surface area contributed by atoms with Crippen LogP contribution in [0.15, 0.2) is 43.0 Å². The first kappa shape index (κ1) is 22.7. The number of fused-ring (bicyclic) bond motifs is 1. The number of hydrogen-bond acceptors (Lipinski definition) is 9. The smallest absolute Gasteiger partial charge is 0.387 e. The summed E-state index contributed by atoms with van der Waals surface area (Å²) in [6, 6.07) is 9.37. The van der Waals surface area contributed by atoms with Gasteiger partial charge in [-0.1, -0.05) is 32.0 Å². The summed E-state index contributed by atoms with van der Waals surface area (Å²) in [5, 5.41) is 24.7. The van der Waals surface area contributed by atoms with Gasteiger partial charge in [-0.05, 0) is 12.1 Å². The molecule has 0 aliphatic carbocycles. The van der Waals surface area contributed by atoms with Gasteiger partial charge in [0.2, 0.25) is 0 Å². The van der Waals surface area contributed by atoms with E-state index in [1.54, 1.807) is 13.8 Å². The molecule has 1 aromatic carbocycles. The van der Waals surface area contributed by atoms with Crippen LogP contribution in [0.5, 0.6) is 0 Å². The molecule has 0 spiro atoms. The molecule has 2 aromatic heterocycles. The number of hydrogen-bond donors (Lipinski definition) is 5. The number of para-hydroxylation sites is 1. The van der Waals surface area contributed by atoms with E-state index in [9.17, 15) is 14.8 Å². The summed E-state index contributed by atoms with van der Waals surface area (Å²) in [6.07, 6.45) is -1.35. The fourth-order valence-corrected chi connectivity index (χ4v) is 4.27. The van der Waals surface area contributed by atoms with Crippen LogP contribution in [-0.4, -0.2) is 64.4 Å². The van der Waals surface area contributed by atoms with Crippen molar-refractivity contribution in [2.45, 2.75) is 37.9 Å². The summed E-state index contributed by atoms with van der Waals surface area (Å²) < 4.78 is 23.1. The number of aliphatic hydroxyl groups is 2. The Morgan fingerprint density at radius 3 is 2.59 bits per heavy atom. The Morgan fingerprint density at radius 1 is 1.22 bits per heavy atom. The lowest BCUT2D eigenvalue weighted by molar-refractivity contribution is -0.173. The van der Waals surface area contributed by atoms with Gasteiger partial charge in [0.1, 0.15) is 24.6 Å². The third-order valence-electron chi connectivity index (χ3n) is 5.45. The topological polar surface area (TPSA) is 172 Å². The number of imidazole rings is 1. The molecule has 4 rings (SSSR count). The van der Waals surface area contributed by atoms with Crippen LogP contribution in [0.2, 0.25) is 0 Å². The highest BCUT2D eigenvalue weighted by atomic mass is 31.2. The van der Waals surface area contributed by atoms with Crippen LogP contribution in [-0.2, 0) is 19.6 Å². The number of rotatable bonds is 7. The zero-order valence-electron chi connectivity index (χ0n) is 17.3. The highest BCUT2D eigenvalue weighted by Crippen LogP contribution is 2.45. The number of aliphatic hydroxyl groups excluding tert-OH is 2. The van der Waals surface area contributed by atoms with Crippen LogP contribution in [0.3, 0.4) is 0 Å². The summed E-state index contributed by atoms with van der Waals surface area (Å²) in [6.45, 7) is 2.94. The monoisotopic (exact) mass is 465 g/mol. The van der Waals surface area contributed by atoms with Gasteiger partial charge in [-0.2, -0.15) is 0 Å². The van der Waals surface area contributed by atoms with Gasteiger partial charge in [0, 0.05) is 11.6 Å². The maximum absolute atomic E-state index is 11.1. The highest BCUT2D eigenvalue weighted by molar-refractivity contribution is 7.46. The average molecular weight is 465 g/mol. The van der Waals surface area contributed by atoms with Crippen LogP contribution < -0.4 is 5.32 Å². The number of phosphoric acid groups is 1. The van der Waals surface area contributed by atoms with Gasteiger partial charge in [-0.15, -0.1) is 0 Å². The molecule has 0 saturated carbocycles. The van der Waals surface area contributed by atoms with Crippen LogP contribution in [0.4, 0.5) is 11.5 Å². The van der Waals surface area contributed by atoms with E-state index in [1.165, 1.54) is 17.2 Å². The van der Waals surface area contributed by atoms with Gasteiger partial charge in [0.25, 0.3) is 0 Å². The first-order chi connectivity index (χ1) is 15.1. The second-order valence-electron chi connectivity index (χ2n) is 7.78. The van der Waals surface area contributed by atoms with Crippen molar-refractivity contribution < 1.29 is 33.8 Å². The molecule has 3 aromatic rings. The first-order valence-electron chi connectivity index (χ1n) is 9.88. The largest absolute Gasteiger partial charge is 0.469 e. The molecule has 32 heavy (non-hydrogen) atoms. The van der Waals surface area contributed by atoms with Crippen molar-refractivity contribution in [1.82, 2.24) is 19.5 Å². The normalized spacial score (nSPS) is 26.2. The van der Waals surface area contributed by atoms with Crippen molar-refractivity contribution in [1.29, 1.82) is 0 Å². The predicted octanol–water partition coefficient (Wildman–Crippen LogP) is 1.11. The highest BCUT2D eigenvalue weighted by Gasteiger charge is 2.58. The molecule has 0 amide bonds. The molecule has 4 atom stereocenters. The number of anilines is 2. The first-order valence-corrected chi connectivity index (χ1v) is 11.4. The second-order valence-corrected chi connectivity index (χ2v) is 9.02. The Morgan fingerprint density at radius 2 is 1.94 bits per heavy atom. The minimum absolute atomic E-state index is 0.343. The number of nitrogens with zero attached hydrogens (tertiary/aromatic N) is 4. The van der Waals surface area contributed by atoms with Gasteiger partial charge in [-0.3, -0.25) is 9.09 Å². The fourth-order valence-electron chi connectivity index (χ4n) is 3.93. The lowest BCUT2D eigenvalue weighted by Crippen LogP contribution is -2.49. The molecular formula is C19H24N5O7P. The number of benzene rings is 1. The van der Waals surface area contributed by atoms with Crippen LogP contribution in [0.25, 0.3) is 11.2 Å². The maximum Gasteiger partial charge on any atom is 0.469 e. The molecule has 0 bridgehead atoms. The van der Waals surface area contributed by atoms with E-state index in [0.29, 0.717) is 17.0 Å². The second kappa shape index (κ2) is 8.49. The Balaban J connectivity index is 1.74. The van der Waals surface area contributed by atoms with E-state index in [2.05, 4.69) is 24.8 Å². The summed E-state index contributed by atoms with van der Waals surface area (Å²) in [5.74, 6) is 0.0402. The number of ether oxygens (including phenoxy) is 1. The predicted molar refractivity (Wildman–Crippen MR) is 113 cm³/mol. The average Bonchev–Trinajstić information content (AvgIpc) is 3.28. The van der Waals surface area contributed by atoms with E-state index in [0.717, 1.165) is 5.69 Å². The van der Waals surface area contributed by atoms with Crippen molar-refractivity contribution in [3.8, 4) is 0 Å². The third-order valence-corrected chi connectivity index (χ3v) is 5.93. The number of aromatic nitrogens is 4. The minimum atomic E-state index is -4.79. The zero-order chi connectivity index (χ0) is 23.1. The van der Waals surface area contributed by atoms with E-state index >= 15 is 0 Å². The molecule has 1 aliphatic rings. The molecule has 1 aliphatic heterocycles. The molecule has 1 saturated heterocycles. The lowest BCUT2D eigenvalue weighted by atomic mass is 9.91. The van der Waals surface area contributed by atoms with Gasteiger partial charge >= 0.3 is 7.82 Å². The van der Waals surface area contributed by atoms with Crippen LogP contribution >= 0.6 is 7.82 Å². The van der Waals surface area contributed by atoms with E-state index in [4.69, 9.17) is 14.5 Å². The van der Waals surface area contributed by atoms with E-state index in [-0.39, 0.29) is 0 Å². The lowest BCUT2D eigenvalue weighted by Gasteiger charge is -2.37. The molecule has 3 heterocycles. The van der Waals surface area contributed by atoms with Crippen molar-refractivity contribution in [3.05, 3.63) is 43.0 Å². The summed E-state index contributed by atoms with van der Waals surface area (Å²) in [4.78, 5) is 31.0. The Bertz CT molecular complexity index is 1140. The molecular weight excluding hydrogens is 441 g/mol. The van der Waals surface area contributed by atoms with Gasteiger partial charge in [0.05, 0.1) is 12.9 Å². The molecule has 5 N–H and O–H groups in total. The number of nitrogens with one attached hydrogen (secondary N) is 1. The van der Waals surface area contributed by atoms with Gasteiger partial charge < -0.3 is 30.1 Å². The molecule has 0 unspecified atom stereocenters. The minimum Gasteiger partial charge on any atom is -0.387 e. The summed E-state index contributed by atoms with van der Waals surface area (Å²) in [5.41, 5.74) is 0.0320. The quantitative estimate of drug-likeness (QED) is 0.316. The third kappa shape index (κ3) is 4.02. The molecule has 1 fully saturated rings. The van der Waals surface area contributed by atoms with E-state index in [1.807, 2.05) is 30.3 Å². The molecule has 13 heteroatoms. The summed E-state index contributed by atoms with van der Waals surface area (Å²) in [7, 11) is -4.79. The zero-order valence-corrected chi connectivity index (χ0v) is 18.2. The molecule has 12 nitrogen and oxygen atoms in total. The Hall–Kier alpha value is -2.44. The standard InChI is InChI=1S/C19H24N5O7P/c1-11(2)19(16(26)15(25)13(31-19)8-30-32(27,28)29)24-10-22-14-17(20-9-21-18(14)24)23-12-6-4-3-5-7-12/h3-7,9-11,13,15-16,25-26H,8H2,1-2H3,(H,20,21,23)(H2,27,28,29)/t13-,15-,16-,19-/m1/s1. The van der Waals surface area contributed by atoms with Crippen molar-refractivity contribution in [2.24, 2.45) is 5.92 Å². The Labute approximate surface area is 183 Å². The van der Waals surface area contributed by atoms with Gasteiger partial charge in [0.15, 0.2) is 22.7 Å². The van der Waals surface area contributed by atoms with Crippen molar-refractivity contribution in [3.63, 3.8) is 0 Å². The van der Waals surface area contributed by atoms with Crippen LogP contribution in [0, 0.1) is 5.92 Å². The Kier molecular flexibility index (Phi) is 6.03. The summed E-state index contributed by atoms with van der Waals surface area (Å²) >= 11 is 0. The number of phosphoric ester groups is 1. The molecule has 0 radical (unpaired) electrons. The maximum atomic E-state index is 11.1. The van der Waals surface area contributed by atoms with E-state index < -0.39 is 44.4 Å². The van der Waals surface area contributed by atoms with Crippen molar-refractivity contribution >= 4 is 30.5 Å². The van der Waals surface area contributed by atoms with Gasteiger partial charge in [-0.25, -0.2) is 19.5 Å².